The molecule has 0 bridgehead atoms. The molecular formula is C22H24N4O3S. The van der Waals surface area contributed by atoms with Gasteiger partial charge in [-0.3, -0.25) is 4.79 Å². The Kier molecular flexibility index (Phi) is 5.94. The number of carboxylic acids is 1. The first-order valence-electron chi connectivity index (χ1n) is 10.1. The lowest BCUT2D eigenvalue weighted by atomic mass is 9.97. The van der Waals surface area contributed by atoms with Crippen LogP contribution in [0.5, 0.6) is 0 Å². The van der Waals surface area contributed by atoms with Crippen molar-refractivity contribution in [3.8, 4) is 0 Å². The van der Waals surface area contributed by atoms with Gasteiger partial charge in [0.25, 0.3) is 0 Å². The molecule has 0 spiro atoms. The number of amides is 1. The molecule has 2 heterocycles. The smallest absolute Gasteiger partial charge is 0.326 e. The monoisotopic (exact) mass is 424 g/mol. The fourth-order valence-electron chi connectivity index (χ4n) is 3.87. The number of anilines is 1. The Morgan fingerprint density at radius 1 is 1.17 bits per heavy atom. The largest absolute Gasteiger partial charge is 0.480 e. The molecule has 0 fully saturated rings. The number of carbonyl (C=O) groups is 2. The van der Waals surface area contributed by atoms with E-state index >= 15 is 0 Å². The normalized spacial score (nSPS) is 14.3. The number of nitrogens with one attached hydrogen (secondary N) is 1. The summed E-state index contributed by atoms with van der Waals surface area (Å²) in [7, 11) is 0. The lowest BCUT2D eigenvalue weighted by Crippen LogP contribution is -2.31. The summed E-state index contributed by atoms with van der Waals surface area (Å²) >= 11 is 1.68. The predicted octanol–water partition coefficient (Wildman–Crippen LogP) is 3.29. The van der Waals surface area contributed by atoms with Crippen molar-refractivity contribution < 1.29 is 14.7 Å². The Morgan fingerprint density at radius 2 is 1.93 bits per heavy atom. The van der Waals surface area contributed by atoms with Gasteiger partial charge >= 0.3 is 5.97 Å². The summed E-state index contributed by atoms with van der Waals surface area (Å²) in [6.45, 7) is 0. The van der Waals surface area contributed by atoms with Gasteiger partial charge in [-0.25, -0.2) is 14.8 Å². The topological polar surface area (TPSA) is 118 Å². The highest BCUT2D eigenvalue weighted by Gasteiger charge is 2.25. The number of hydrogen-bond donors (Lipinski definition) is 3. The van der Waals surface area contributed by atoms with Gasteiger partial charge in [-0.15, -0.1) is 11.3 Å². The standard InChI is InChI=1S/C22H24N4O3S/c23-17(27)11-10-15(22(28)29)24-20-19-14-8-4-5-9-16(14)30-21(19)26-18(25-20)12-13-6-2-1-3-7-13/h1-3,6-7,15H,4-5,8-12H2,(H2,23,27)(H,28,29)(H,24,25,26). The number of aryl methyl sites for hydroxylation is 2. The molecule has 4 N–H and O–H groups in total. The molecule has 3 aromatic rings. The molecule has 0 saturated heterocycles. The van der Waals surface area contributed by atoms with Crippen molar-refractivity contribution in [2.75, 3.05) is 5.32 Å². The number of carbonyl (C=O) groups excluding carboxylic acids is 1. The van der Waals surface area contributed by atoms with Gasteiger partial charge in [-0.1, -0.05) is 30.3 Å². The molecule has 1 aliphatic rings. The quantitative estimate of drug-likeness (QED) is 0.511. The summed E-state index contributed by atoms with van der Waals surface area (Å²) < 4.78 is 0. The number of benzene rings is 1. The maximum atomic E-state index is 11.8. The molecule has 1 unspecified atom stereocenters. The summed E-state index contributed by atoms with van der Waals surface area (Å²) in [6, 6.07) is 9.01. The third-order valence-electron chi connectivity index (χ3n) is 5.35. The zero-order chi connectivity index (χ0) is 21.1. The first kappa shape index (κ1) is 20.3. The zero-order valence-corrected chi connectivity index (χ0v) is 17.4. The van der Waals surface area contributed by atoms with Crippen molar-refractivity contribution >= 4 is 39.2 Å². The van der Waals surface area contributed by atoms with E-state index in [1.807, 2.05) is 30.3 Å². The van der Waals surface area contributed by atoms with Crippen LogP contribution in [0.2, 0.25) is 0 Å². The lowest BCUT2D eigenvalue weighted by molar-refractivity contribution is -0.138. The van der Waals surface area contributed by atoms with E-state index in [0.29, 0.717) is 18.1 Å². The van der Waals surface area contributed by atoms with Crippen LogP contribution in [0.4, 0.5) is 5.82 Å². The number of aromatic nitrogens is 2. The number of primary amides is 1. The summed E-state index contributed by atoms with van der Waals surface area (Å²) in [5, 5.41) is 13.7. The Bertz CT molecular complexity index is 1080. The number of nitrogens with zero attached hydrogens (tertiary/aromatic N) is 2. The van der Waals surface area contributed by atoms with Crippen molar-refractivity contribution in [1.29, 1.82) is 0 Å². The third-order valence-corrected chi connectivity index (χ3v) is 6.54. The minimum atomic E-state index is -1.03. The van der Waals surface area contributed by atoms with Crippen molar-refractivity contribution in [1.82, 2.24) is 9.97 Å². The van der Waals surface area contributed by atoms with Crippen LogP contribution >= 0.6 is 11.3 Å². The maximum absolute atomic E-state index is 11.8. The minimum Gasteiger partial charge on any atom is -0.480 e. The Balaban J connectivity index is 1.75. The minimum absolute atomic E-state index is 0.00317. The molecule has 2 aromatic heterocycles. The summed E-state index contributed by atoms with van der Waals surface area (Å²) in [4.78, 5) is 34.7. The van der Waals surface area contributed by atoms with E-state index in [1.165, 1.54) is 10.4 Å². The number of aliphatic carboxylic acids is 1. The maximum Gasteiger partial charge on any atom is 0.326 e. The van der Waals surface area contributed by atoms with Crippen molar-refractivity contribution in [2.24, 2.45) is 5.73 Å². The molecular weight excluding hydrogens is 400 g/mol. The second-order valence-electron chi connectivity index (χ2n) is 7.58. The summed E-state index contributed by atoms with van der Waals surface area (Å²) in [5.41, 5.74) is 7.55. The Hall–Kier alpha value is -3.00. The number of fused-ring (bicyclic) bond motifs is 3. The second kappa shape index (κ2) is 8.79. The van der Waals surface area contributed by atoms with Gasteiger partial charge in [0, 0.05) is 17.7 Å². The van der Waals surface area contributed by atoms with E-state index in [4.69, 9.17) is 15.7 Å². The number of rotatable bonds is 8. The predicted molar refractivity (Wildman–Crippen MR) is 117 cm³/mol. The number of thiophene rings is 1. The highest BCUT2D eigenvalue weighted by molar-refractivity contribution is 7.19. The SMILES string of the molecule is NC(=O)CCC(Nc1nc(Cc2ccccc2)nc2sc3c(c12)CCCC3)C(=O)O. The lowest BCUT2D eigenvalue weighted by Gasteiger charge is -2.17. The van der Waals surface area contributed by atoms with Gasteiger partial charge in [0.1, 0.15) is 22.5 Å². The van der Waals surface area contributed by atoms with Crippen LogP contribution in [0.3, 0.4) is 0 Å². The average Bonchev–Trinajstić information content (AvgIpc) is 3.10. The van der Waals surface area contributed by atoms with Crippen LogP contribution in [0.15, 0.2) is 30.3 Å². The van der Waals surface area contributed by atoms with Gasteiger partial charge < -0.3 is 16.2 Å². The molecule has 1 aliphatic carbocycles. The van der Waals surface area contributed by atoms with E-state index in [1.54, 1.807) is 11.3 Å². The van der Waals surface area contributed by atoms with Gasteiger partial charge in [0.15, 0.2) is 0 Å². The number of carboxylic acid groups (broad SMARTS) is 1. The third kappa shape index (κ3) is 4.43. The van der Waals surface area contributed by atoms with Crippen LogP contribution in [0.25, 0.3) is 10.2 Å². The Labute approximate surface area is 178 Å². The van der Waals surface area contributed by atoms with E-state index in [2.05, 4.69) is 5.32 Å². The van der Waals surface area contributed by atoms with Crippen molar-refractivity contribution in [3.63, 3.8) is 0 Å². The second-order valence-corrected chi connectivity index (χ2v) is 8.67. The van der Waals surface area contributed by atoms with Crippen molar-refractivity contribution in [2.45, 2.75) is 51.0 Å². The van der Waals surface area contributed by atoms with Crippen LogP contribution in [-0.4, -0.2) is 33.0 Å². The number of hydrogen-bond acceptors (Lipinski definition) is 6. The van der Waals surface area contributed by atoms with Crippen LogP contribution in [0, 0.1) is 0 Å². The van der Waals surface area contributed by atoms with E-state index in [-0.39, 0.29) is 12.8 Å². The fraction of sp³-hybridized carbons (Fsp3) is 0.364. The van der Waals surface area contributed by atoms with Gasteiger partial charge in [-0.05, 0) is 43.2 Å². The van der Waals surface area contributed by atoms with E-state index < -0.39 is 17.9 Å². The molecule has 0 saturated carbocycles. The van der Waals surface area contributed by atoms with Crippen LogP contribution < -0.4 is 11.1 Å². The fourth-order valence-corrected chi connectivity index (χ4v) is 5.15. The summed E-state index contributed by atoms with van der Waals surface area (Å²) in [5.74, 6) is -0.360. The van der Waals surface area contributed by atoms with E-state index in [9.17, 15) is 14.7 Å². The molecule has 4 rings (SSSR count). The van der Waals surface area contributed by atoms with Crippen molar-refractivity contribution in [3.05, 3.63) is 52.2 Å². The zero-order valence-electron chi connectivity index (χ0n) is 16.6. The molecule has 1 amide bonds. The first-order valence-corrected chi connectivity index (χ1v) is 11.0. The highest BCUT2D eigenvalue weighted by atomic mass is 32.1. The molecule has 0 aliphatic heterocycles. The Morgan fingerprint density at radius 3 is 2.67 bits per heavy atom. The molecule has 7 nitrogen and oxygen atoms in total. The molecule has 8 heteroatoms. The first-order chi connectivity index (χ1) is 14.5. The molecule has 0 radical (unpaired) electrons. The van der Waals surface area contributed by atoms with Gasteiger partial charge in [-0.2, -0.15) is 0 Å². The number of nitrogens with two attached hydrogens (primary N) is 1. The van der Waals surface area contributed by atoms with Gasteiger partial charge in [0.2, 0.25) is 5.91 Å². The molecule has 156 valence electrons. The van der Waals surface area contributed by atoms with E-state index in [0.717, 1.165) is 41.5 Å². The molecule has 1 aromatic carbocycles. The van der Waals surface area contributed by atoms with Crippen LogP contribution in [-0.2, 0) is 28.9 Å². The molecule has 30 heavy (non-hydrogen) atoms. The highest BCUT2D eigenvalue weighted by Crippen LogP contribution is 2.39. The van der Waals surface area contributed by atoms with Crippen LogP contribution in [0.1, 0.15) is 47.5 Å². The molecule has 1 atom stereocenters. The van der Waals surface area contributed by atoms with Gasteiger partial charge in [0.05, 0.1) is 5.39 Å². The average molecular weight is 425 g/mol. The summed E-state index contributed by atoms with van der Waals surface area (Å²) in [6.07, 6.45) is 4.90.